The molecule has 0 aliphatic carbocycles. The number of aliphatic hydroxyl groups is 1. The molecule has 21 heavy (non-hydrogen) atoms. The van der Waals surface area contributed by atoms with E-state index in [-0.39, 0.29) is 12.1 Å². The molecule has 0 aromatic heterocycles. The van der Waals surface area contributed by atoms with E-state index in [1.54, 1.807) is 19.0 Å². The Morgan fingerprint density at radius 1 is 1.33 bits per heavy atom. The van der Waals surface area contributed by atoms with Crippen molar-refractivity contribution >= 4 is 10.0 Å². The molecule has 0 fully saturated rings. The largest absolute Gasteiger partial charge is 0.384 e. The van der Waals surface area contributed by atoms with E-state index in [0.717, 1.165) is 6.07 Å². The summed E-state index contributed by atoms with van der Waals surface area (Å²) in [4.78, 5) is 1.03. The molecule has 0 saturated heterocycles. The predicted molar refractivity (Wildman–Crippen MR) is 74.1 cm³/mol. The average molecular weight is 318 g/mol. The number of sulfonamides is 1. The first kappa shape index (κ1) is 17.5. The summed E-state index contributed by atoms with van der Waals surface area (Å²) in [6.07, 6.45) is 0. The first-order chi connectivity index (χ1) is 9.77. The van der Waals surface area contributed by atoms with Crippen LogP contribution in [0.1, 0.15) is 5.56 Å². The first-order valence-electron chi connectivity index (χ1n) is 6.01. The van der Waals surface area contributed by atoms with E-state index in [9.17, 15) is 17.2 Å². The summed E-state index contributed by atoms with van der Waals surface area (Å²) in [6, 6.07) is 1.29. The van der Waals surface area contributed by atoms with Crippen molar-refractivity contribution in [2.45, 2.75) is 4.90 Å². The molecule has 1 aromatic carbocycles. The summed E-state index contributed by atoms with van der Waals surface area (Å²) in [5, 5.41) is 8.63. The number of aliphatic hydroxyl groups excluding tert-OH is 1. The number of hydrogen-bond donors (Lipinski definition) is 2. The molecule has 0 aliphatic heterocycles. The summed E-state index contributed by atoms with van der Waals surface area (Å²) in [7, 11) is -0.657. The normalized spacial score (nSPS) is 11.3. The van der Waals surface area contributed by atoms with Crippen molar-refractivity contribution in [1.29, 1.82) is 0 Å². The molecule has 1 aromatic rings. The summed E-state index contributed by atoms with van der Waals surface area (Å²) in [5.41, 5.74) is -0.334. The van der Waals surface area contributed by atoms with Gasteiger partial charge in [-0.2, -0.15) is 0 Å². The van der Waals surface area contributed by atoms with Crippen LogP contribution in [0.5, 0.6) is 0 Å². The molecule has 8 heteroatoms. The summed E-state index contributed by atoms with van der Waals surface area (Å²) < 4.78 is 53.4. The Hall–Kier alpha value is -1.53. The second-order valence-corrected chi connectivity index (χ2v) is 6.13. The molecule has 0 amide bonds. The van der Waals surface area contributed by atoms with Gasteiger partial charge in [-0.1, -0.05) is 11.8 Å². The lowest BCUT2D eigenvalue weighted by molar-refractivity contribution is 0.350. The maximum absolute atomic E-state index is 13.8. The van der Waals surface area contributed by atoms with Gasteiger partial charge in [-0.15, -0.1) is 0 Å². The minimum Gasteiger partial charge on any atom is -0.384 e. The number of rotatable bonds is 5. The van der Waals surface area contributed by atoms with Gasteiger partial charge in [0.15, 0.2) is 0 Å². The van der Waals surface area contributed by atoms with Crippen LogP contribution in [-0.4, -0.2) is 52.2 Å². The molecule has 1 rings (SSSR count). The Kier molecular flexibility index (Phi) is 6.23. The van der Waals surface area contributed by atoms with Crippen molar-refractivity contribution in [3.63, 3.8) is 0 Å². The van der Waals surface area contributed by atoms with Gasteiger partial charge in [-0.25, -0.2) is 21.9 Å². The SMILES string of the molecule is CN(C)CCNS(=O)(=O)c1c(F)cc(F)cc1C#CCO. The fourth-order valence-corrected chi connectivity index (χ4v) is 2.76. The van der Waals surface area contributed by atoms with Crippen molar-refractivity contribution in [2.24, 2.45) is 0 Å². The maximum atomic E-state index is 13.8. The summed E-state index contributed by atoms with van der Waals surface area (Å²) in [6.45, 7) is -0.0651. The zero-order valence-corrected chi connectivity index (χ0v) is 12.5. The van der Waals surface area contributed by atoms with Crippen LogP contribution in [0.2, 0.25) is 0 Å². The average Bonchev–Trinajstić information content (AvgIpc) is 2.34. The smallest absolute Gasteiger partial charge is 0.244 e. The molecular weight excluding hydrogens is 302 g/mol. The van der Waals surface area contributed by atoms with Gasteiger partial charge in [0.05, 0.1) is 5.56 Å². The van der Waals surface area contributed by atoms with Gasteiger partial charge < -0.3 is 10.0 Å². The predicted octanol–water partition coefficient (Wildman–Crippen LogP) is 0.148. The second kappa shape index (κ2) is 7.47. The topological polar surface area (TPSA) is 69.6 Å². The van der Waals surface area contributed by atoms with Gasteiger partial charge in [0.2, 0.25) is 10.0 Å². The van der Waals surface area contributed by atoms with Crippen LogP contribution in [0, 0.1) is 23.5 Å². The zero-order chi connectivity index (χ0) is 16.0. The third-order valence-electron chi connectivity index (χ3n) is 2.43. The van der Waals surface area contributed by atoms with Crippen LogP contribution >= 0.6 is 0 Å². The van der Waals surface area contributed by atoms with E-state index < -0.39 is 33.2 Å². The zero-order valence-electron chi connectivity index (χ0n) is 11.7. The van der Waals surface area contributed by atoms with Crippen molar-refractivity contribution in [2.75, 3.05) is 33.8 Å². The number of halogens is 2. The number of benzene rings is 1. The molecule has 0 radical (unpaired) electrons. The van der Waals surface area contributed by atoms with Gasteiger partial charge >= 0.3 is 0 Å². The second-order valence-electron chi connectivity index (χ2n) is 4.43. The highest BCUT2D eigenvalue weighted by Crippen LogP contribution is 2.20. The Morgan fingerprint density at radius 2 is 2.00 bits per heavy atom. The van der Waals surface area contributed by atoms with E-state index in [2.05, 4.69) is 16.6 Å². The van der Waals surface area contributed by atoms with Crippen LogP contribution in [0.15, 0.2) is 17.0 Å². The van der Waals surface area contributed by atoms with Crippen molar-refractivity contribution in [3.05, 3.63) is 29.3 Å². The van der Waals surface area contributed by atoms with Crippen LogP contribution < -0.4 is 4.72 Å². The fraction of sp³-hybridized carbons (Fsp3) is 0.385. The molecule has 0 aliphatic rings. The number of hydrogen-bond acceptors (Lipinski definition) is 4. The van der Waals surface area contributed by atoms with Gasteiger partial charge in [0, 0.05) is 19.2 Å². The van der Waals surface area contributed by atoms with Crippen molar-refractivity contribution < 1.29 is 22.3 Å². The first-order valence-corrected chi connectivity index (χ1v) is 7.49. The molecule has 0 bridgehead atoms. The van der Waals surface area contributed by atoms with Crippen LogP contribution in [0.25, 0.3) is 0 Å². The number of likely N-dealkylation sites (N-methyl/N-ethyl adjacent to an activating group) is 1. The molecule has 0 spiro atoms. The third kappa shape index (κ3) is 5.06. The molecule has 0 saturated carbocycles. The molecule has 0 atom stereocenters. The Bertz CT molecular complexity index is 664. The molecule has 0 unspecified atom stereocenters. The Balaban J connectivity index is 3.21. The van der Waals surface area contributed by atoms with Gasteiger partial charge in [0.1, 0.15) is 23.1 Å². The van der Waals surface area contributed by atoms with Gasteiger partial charge in [0.25, 0.3) is 0 Å². The Labute approximate surface area is 122 Å². The van der Waals surface area contributed by atoms with E-state index in [1.807, 2.05) is 0 Å². The monoisotopic (exact) mass is 318 g/mol. The maximum Gasteiger partial charge on any atom is 0.244 e. The molecule has 5 nitrogen and oxygen atoms in total. The van der Waals surface area contributed by atoms with Crippen LogP contribution in [0.4, 0.5) is 8.78 Å². The Morgan fingerprint density at radius 3 is 2.57 bits per heavy atom. The van der Waals surface area contributed by atoms with Crippen molar-refractivity contribution in [1.82, 2.24) is 9.62 Å². The van der Waals surface area contributed by atoms with E-state index in [0.29, 0.717) is 12.6 Å². The quantitative estimate of drug-likeness (QED) is 0.758. The van der Waals surface area contributed by atoms with Crippen LogP contribution in [0.3, 0.4) is 0 Å². The van der Waals surface area contributed by atoms with Crippen LogP contribution in [-0.2, 0) is 10.0 Å². The summed E-state index contributed by atoms with van der Waals surface area (Å²) in [5.74, 6) is 2.25. The summed E-state index contributed by atoms with van der Waals surface area (Å²) >= 11 is 0. The highest BCUT2D eigenvalue weighted by atomic mass is 32.2. The van der Waals surface area contributed by atoms with Gasteiger partial charge in [-0.3, -0.25) is 0 Å². The standard InChI is InChI=1S/C13H16F2N2O3S/c1-17(2)6-5-16-21(19,20)13-10(4-3-7-18)8-11(14)9-12(13)15/h8-9,16,18H,5-7H2,1-2H3. The molecule has 0 heterocycles. The van der Waals surface area contributed by atoms with E-state index >= 15 is 0 Å². The van der Waals surface area contributed by atoms with E-state index in [4.69, 9.17) is 5.11 Å². The highest BCUT2D eigenvalue weighted by molar-refractivity contribution is 7.89. The third-order valence-corrected chi connectivity index (χ3v) is 3.97. The minimum absolute atomic E-state index is 0.0685. The minimum atomic E-state index is -4.17. The lowest BCUT2D eigenvalue weighted by Crippen LogP contribution is -2.32. The molecule has 116 valence electrons. The lowest BCUT2D eigenvalue weighted by Gasteiger charge is -2.12. The molecule has 2 N–H and O–H groups in total. The lowest BCUT2D eigenvalue weighted by atomic mass is 10.2. The van der Waals surface area contributed by atoms with E-state index in [1.165, 1.54) is 0 Å². The van der Waals surface area contributed by atoms with Gasteiger partial charge in [-0.05, 0) is 20.2 Å². The fourth-order valence-electron chi connectivity index (χ4n) is 1.54. The highest BCUT2D eigenvalue weighted by Gasteiger charge is 2.23. The number of nitrogens with zero attached hydrogens (tertiary/aromatic N) is 1. The molecular formula is C13H16F2N2O3S. The van der Waals surface area contributed by atoms with Crippen molar-refractivity contribution in [3.8, 4) is 11.8 Å². The number of nitrogens with one attached hydrogen (secondary N) is 1.